The lowest BCUT2D eigenvalue weighted by Crippen LogP contribution is -2.20. The van der Waals surface area contributed by atoms with Crippen LogP contribution < -0.4 is 10.1 Å². The first kappa shape index (κ1) is 19.9. The molecule has 1 amide bonds. The van der Waals surface area contributed by atoms with Crippen LogP contribution in [0.2, 0.25) is 0 Å². The Morgan fingerprint density at radius 3 is 2.68 bits per heavy atom. The van der Waals surface area contributed by atoms with E-state index < -0.39 is 5.25 Å². The second kappa shape index (κ2) is 9.36. The molecule has 1 unspecified atom stereocenters. The third-order valence-electron chi connectivity index (χ3n) is 3.94. The Balaban J connectivity index is 1.85. The maximum absolute atomic E-state index is 13.1. The number of methoxy groups -OCH3 is 1. The van der Waals surface area contributed by atoms with Crippen molar-refractivity contribution in [1.29, 1.82) is 0 Å². The Labute approximate surface area is 168 Å². The molecule has 0 saturated carbocycles. The molecule has 0 radical (unpaired) electrons. The van der Waals surface area contributed by atoms with Crippen LogP contribution in [-0.4, -0.2) is 33.2 Å². The molecule has 0 spiro atoms. The van der Waals surface area contributed by atoms with Crippen molar-refractivity contribution in [2.75, 3.05) is 12.4 Å². The average Bonchev–Trinajstić information content (AvgIpc) is 3.12. The van der Waals surface area contributed by atoms with Gasteiger partial charge in [0.25, 0.3) is 0 Å². The van der Waals surface area contributed by atoms with Gasteiger partial charge in [0.05, 0.1) is 7.11 Å². The maximum Gasteiger partial charge on any atom is 0.242 e. The van der Waals surface area contributed by atoms with E-state index in [-0.39, 0.29) is 5.91 Å². The van der Waals surface area contributed by atoms with Gasteiger partial charge in [-0.3, -0.25) is 4.79 Å². The first-order valence-electron chi connectivity index (χ1n) is 8.99. The molecule has 0 aliphatic rings. The summed E-state index contributed by atoms with van der Waals surface area (Å²) in [7, 11) is 1.60. The largest absolute Gasteiger partial charge is 0.497 e. The van der Waals surface area contributed by atoms with Crippen LogP contribution in [0, 0.1) is 5.92 Å². The number of thioether (sulfide) groups is 1. The fourth-order valence-corrected chi connectivity index (χ4v) is 3.64. The molecule has 0 aliphatic heterocycles. The summed E-state index contributed by atoms with van der Waals surface area (Å²) in [5.41, 5.74) is 1.56. The highest BCUT2D eigenvalue weighted by atomic mass is 32.2. The number of hydrogen-bond donors (Lipinski definition) is 1. The van der Waals surface area contributed by atoms with Crippen molar-refractivity contribution in [3.8, 4) is 5.75 Å². The lowest BCUT2D eigenvalue weighted by atomic mass is 10.1. The van der Waals surface area contributed by atoms with Crippen LogP contribution in [0.5, 0.6) is 5.75 Å². The molecule has 0 fully saturated rings. The molecule has 7 nitrogen and oxygen atoms in total. The highest BCUT2D eigenvalue weighted by molar-refractivity contribution is 8.00. The fourth-order valence-electron chi connectivity index (χ4n) is 2.66. The number of rotatable bonds is 8. The molecule has 0 bridgehead atoms. The molecular weight excluding hydrogens is 374 g/mol. The van der Waals surface area contributed by atoms with Crippen LogP contribution in [0.1, 0.15) is 24.7 Å². The van der Waals surface area contributed by atoms with E-state index in [2.05, 4.69) is 34.7 Å². The number of amides is 1. The van der Waals surface area contributed by atoms with Crippen molar-refractivity contribution >= 4 is 23.4 Å². The van der Waals surface area contributed by atoms with Crippen LogP contribution >= 0.6 is 11.8 Å². The smallest absolute Gasteiger partial charge is 0.242 e. The minimum atomic E-state index is -0.496. The van der Waals surface area contributed by atoms with E-state index in [1.54, 1.807) is 17.9 Å². The van der Waals surface area contributed by atoms with Gasteiger partial charge in [0.1, 0.15) is 11.0 Å². The molecule has 1 N–H and O–H groups in total. The predicted octanol–water partition coefficient (Wildman–Crippen LogP) is 3.81. The number of aromatic nitrogens is 4. The molecule has 0 aliphatic carbocycles. The van der Waals surface area contributed by atoms with Crippen molar-refractivity contribution in [1.82, 2.24) is 20.2 Å². The van der Waals surface area contributed by atoms with Gasteiger partial charge in [0.15, 0.2) is 0 Å². The van der Waals surface area contributed by atoms with Crippen LogP contribution in [-0.2, 0) is 11.3 Å². The maximum atomic E-state index is 13.1. The molecule has 3 aromatic rings. The molecule has 1 atom stereocenters. The molecule has 1 heterocycles. The van der Waals surface area contributed by atoms with Gasteiger partial charge in [-0.1, -0.05) is 62.0 Å². The first-order valence-corrected chi connectivity index (χ1v) is 9.87. The van der Waals surface area contributed by atoms with Gasteiger partial charge in [-0.05, 0) is 34.0 Å². The fraction of sp³-hybridized carbons (Fsp3) is 0.300. The highest BCUT2D eigenvalue weighted by Gasteiger charge is 2.25. The minimum Gasteiger partial charge on any atom is -0.497 e. The Bertz CT molecular complexity index is 914. The van der Waals surface area contributed by atoms with Crippen molar-refractivity contribution in [2.45, 2.75) is 30.8 Å². The van der Waals surface area contributed by atoms with Gasteiger partial charge in [0, 0.05) is 18.3 Å². The Hall–Kier alpha value is -2.87. The van der Waals surface area contributed by atoms with E-state index >= 15 is 0 Å². The lowest BCUT2D eigenvalue weighted by molar-refractivity contribution is -0.115. The number of tetrazole rings is 1. The molecular formula is C20H23N5O2S. The molecule has 3 rings (SSSR count). The normalized spacial score (nSPS) is 12.0. The molecule has 1 aromatic heterocycles. The van der Waals surface area contributed by atoms with Gasteiger partial charge in [0.2, 0.25) is 11.1 Å². The summed E-state index contributed by atoms with van der Waals surface area (Å²) in [6.45, 7) is 4.88. The summed E-state index contributed by atoms with van der Waals surface area (Å²) in [5, 5.41) is 15.0. The number of ether oxygens (including phenoxy) is 1. The number of carbonyl (C=O) groups excluding carboxylic acids is 1. The van der Waals surface area contributed by atoms with Crippen LogP contribution in [0.25, 0.3) is 0 Å². The molecule has 2 aromatic carbocycles. The van der Waals surface area contributed by atoms with Gasteiger partial charge in [-0.15, -0.1) is 5.10 Å². The number of nitrogens with one attached hydrogen (secondary N) is 1. The molecule has 8 heteroatoms. The number of anilines is 1. The van der Waals surface area contributed by atoms with E-state index in [1.165, 1.54) is 11.8 Å². The van der Waals surface area contributed by atoms with Gasteiger partial charge >= 0.3 is 0 Å². The highest BCUT2D eigenvalue weighted by Crippen LogP contribution is 2.35. The third kappa shape index (κ3) is 5.10. The van der Waals surface area contributed by atoms with Gasteiger partial charge in [-0.2, -0.15) is 0 Å². The Kier molecular flexibility index (Phi) is 6.65. The van der Waals surface area contributed by atoms with Crippen molar-refractivity contribution in [3.05, 3.63) is 60.2 Å². The SMILES string of the molecule is COc1cccc(NC(=O)C(Sc2nnnn2CC(C)C)c2ccccc2)c1. The molecule has 146 valence electrons. The zero-order chi connectivity index (χ0) is 19.9. The monoisotopic (exact) mass is 397 g/mol. The topological polar surface area (TPSA) is 81.9 Å². The summed E-state index contributed by atoms with van der Waals surface area (Å²) >= 11 is 1.34. The number of hydrogen-bond acceptors (Lipinski definition) is 6. The Morgan fingerprint density at radius 1 is 1.18 bits per heavy atom. The zero-order valence-electron chi connectivity index (χ0n) is 16.1. The van der Waals surface area contributed by atoms with E-state index in [1.807, 2.05) is 48.5 Å². The summed E-state index contributed by atoms with van der Waals surface area (Å²) in [6.07, 6.45) is 0. The van der Waals surface area contributed by atoms with E-state index in [9.17, 15) is 4.79 Å². The second-order valence-corrected chi connectivity index (χ2v) is 7.74. The number of carbonyl (C=O) groups is 1. The lowest BCUT2D eigenvalue weighted by Gasteiger charge is -2.17. The van der Waals surface area contributed by atoms with Crippen LogP contribution in [0.3, 0.4) is 0 Å². The molecule has 28 heavy (non-hydrogen) atoms. The summed E-state index contributed by atoms with van der Waals surface area (Å²) in [5.74, 6) is 0.926. The van der Waals surface area contributed by atoms with Crippen LogP contribution in [0.15, 0.2) is 59.8 Å². The van der Waals surface area contributed by atoms with Crippen LogP contribution in [0.4, 0.5) is 5.69 Å². The first-order chi connectivity index (χ1) is 13.6. The average molecular weight is 398 g/mol. The number of benzene rings is 2. The minimum absolute atomic E-state index is 0.149. The van der Waals surface area contributed by atoms with E-state index in [0.717, 1.165) is 5.56 Å². The third-order valence-corrected chi connectivity index (χ3v) is 5.16. The van der Waals surface area contributed by atoms with Crippen molar-refractivity contribution in [3.63, 3.8) is 0 Å². The summed E-state index contributed by atoms with van der Waals surface area (Å²) < 4.78 is 6.97. The predicted molar refractivity (Wildman–Crippen MR) is 109 cm³/mol. The van der Waals surface area contributed by atoms with E-state index in [0.29, 0.717) is 29.1 Å². The van der Waals surface area contributed by atoms with Crippen molar-refractivity contribution < 1.29 is 9.53 Å². The number of nitrogens with zero attached hydrogens (tertiary/aromatic N) is 4. The van der Waals surface area contributed by atoms with Gasteiger partial charge in [-0.25, -0.2) is 4.68 Å². The summed E-state index contributed by atoms with van der Waals surface area (Å²) in [6, 6.07) is 16.9. The summed E-state index contributed by atoms with van der Waals surface area (Å²) in [4.78, 5) is 13.1. The standard InChI is InChI=1S/C20H23N5O2S/c1-14(2)13-25-20(22-23-24-25)28-18(15-8-5-4-6-9-15)19(26)21-16-10-7-11-17(12-16)27-3/h4-12,14,18H,13H2,1-3H3,(H,21,26). The second-order valence-electron chi connectivity index (χ2n) is 6.67. The van der Waals surface area contributed by atoms with Crippen molar-refractivity contribution in [2.24, 2.45) is 5.92 Å². The zero-order valence-corrected chi connectivity index (χ0v) is 16.9. The Morgan fingerprint density at radius 2 is 1.96 bits per heavy atom. The van der Waals surface area contributed by atoms with E-state index in [4.69, 9.17) is 4.74 Å². The molecule has 0 saturated heterocycles. The van der Waals surface area contributed by atoms with Gasteiger partial charge < -0.3 is 10.1 Å². The quantitative estimate of drug-likeness (QED) is 0.582.